The molecular weight excluding hydrogens is 452 g/mol. The number of aromatic nitrogens is 4. The highest BCUT2D eigenvalue weighted by atomic mass is 32.2. The van der Waals surface area contributed by atoms with E-state index in [1.54, 1.807) is 4.57 Å². The quantitative estimate of drug-likeness (QED) is 0.532. The summed E-state index contributed by atoms with van der Waals surface area (Å²) in [6.45, 7) is 9.98. The molecule has 1 fully saturated rings. The van der Waals surface area contributed by atoms with Crippen LogP contribution in [-0.2, 0) is 19.0 Å². The fraction of sp³-hybridized carbons (Fsp3) is 0.632. The van der Waals surface area contributed by atoms with Gasteiger partial charge in [0.2, 0.25) is 0 Å². The van der Waals surface area contributed by atoms with E-state index in [0.29, 0.717) is 11.2 Å². The lowest BCUT2D eigenvalue weighted by Crippen LogP contribution is -2.54. The number of nitrogens with zero attached hydrogens (tertiary/aromatic N) is 4. The largest absolute Gasteiger partial charge is 0.408 e. The number of ether oxygens (including phenoxy) is 1. The summed E-state index contributed by atoms with van der Waals surface area (Å²) in [5.74, 6) is -0.0961. The van der Waals surface area contributed by atoms with Crippen molar-refractivity contribution in [1.82, 2.24) is 19.5 Å². The van der Waals surface area contributed by atoms with Crippen LogP contribution in [0.3, 0.4) is 0 Å². The van der Waals surface area contributed by atoms with E-state index < -0.39 is 48.6 Å². The van der Waals surface area contributed by atoms with Crippen molar-refractivity contribution in [2.75, 3.05) is 18.1 Å². The number of hydrogen-bond donors (Lipinski definition) is 3. The van der Waals surface area contributed by atoms with Crippen LogP contribution in [0, 0.1) is 5.41 Å². The van der Waals surface area contributed by atoms with E-state index in [2.05, 4.69) is 48.8 Å². The SMILES string of the molecule is CC(C)(C)[Si](C)(C)O[C@H]1[C@H](n2cnc3c(N)ncnc32)O[C@H](CO)C12CS(=O)(=O)C=C2N. The van der Waals surface area contributed by atoms with Crippen molar-refractivity contribution in [1.29, 1.82) is 0 Å². The number of sulfone groups is 1. The number of aliphatic hydroxyl groups excluding tert-OH is 1. The first-order chi connectivity index (χ1) is 14.7. The van der Waals surface area contributed by atoms with Gasteiger partial charge in [-0.25, -0.2) is 23.4 Å². The molecule has 4 rings (SSSR count). The van der Waals surface area contributed by atoms with Crippen molar-refractivity contribution in [2.24, 2.45) is 11.1 Å². The number of rotatable bonds is 4. The Bertz CT molecular complexity index is 1190. The molecule has 0 aliphatic carbocycles. The number of imidazole rings is 1. The van der Waals surface area contributed by atoms with Gasteiger partial charge in [-0.1, -0.05) is 20.8 Å². The van der Waals surface area contributed by atoms with Crippen molar-refractivity contribution in [3.8, 4) is 0 Å². The summed E-state index contributed by atoms with van der Waals surface area (Å²) in [7, 11) is -6.05. The number of nitrogens with two attached hydrogens (primary N) is 2. The summed E-state index contributed by atoms with van der Waals surface area (Å²) in [6.07, 6.45) is 0.303. The van der Waals surface area contributed by atoms with Crippen LogP contribution in [0.4, 0.5) is 5.82 Å². The summed E-state index contributed by atoms with van der Waals surface area (Å²) in [6, 6.07) is 0. The second-order valence-electron chi connectivity index (χ2n) is 10.0. The molecule has 5 N–H and O–H groups in total. The minimum Gasteiger partial charge on any atom is -0.408 e. The molecular formula is C19H30N6O5SSi. The highest BCUT2D eigenvalue weighted by Crippen LogP contribution is 2.55. The summed E-state index contributed by atoms with van der Waals surface area (Å²) in [4.78, 5) is 12.6. The molecule has 0 bridgehead atoms. The summed E-state index contributed by atoms with van der Waals surface area (Å²) in [5, 5.41) is 11.1. The van der Waals surface area contributed by atoms with E-state index >= 15 is 0 Å². The second-order valence-corrected chi connectivity index (χ2v) is 16.6. The molecule has 13 heteroatoms. The molecule has 2 aromatic rings. The van der Waals surface area contributed by atoms with Gasteiger partial charge in [-0.2, -0.15) is 0 Å². The van der Waals surface area contributed by atoms with Gasteiger partial charge in [0, 0.05) is 5.70 Å². The van der Waals surface area contributed by atoms with E-state index in [4.69, 9.17) is 20.6 Å². The molecule has 1 saturated heterocycles. The number of aliphatic hydroxyl groups is 1. The molecule has 4 heterocycles. The van der Waals surface area contributed by atoms with Crippen molar-refractivity contribution in [2.45, 2.75) is 57.3 Å². The Morgan fingerprint density at radius 3 is 2.56 bits per heavy atom. The van der Waals surface area contributed by atoms with Crippen molar-refractivity contribution >= 4 is 35.1 Å². The normalized spacial score (nSPS) is 30.3. The van der Waals surface area contributed by atoms with Gasteiger partial charge >= 0.3 is 0 Å². The van der Waals surface area contributed by atoms with E-state index in [1.165, 1.54) is 12.7 Å². The lowest BCUT2D eigenvalue weighted by atomic mass is 9.78. The minimum absolute atomic E-state index is 0.126. The number of anilines is 1. The van der Waals surface area contributed by atoms with Gasteiger partial charge in [-0.3, -0.25) is 4.57 Å². The predicted octanol–water partition coefficient (Wildman–Crippen LogP) is 0.904. The average molecular weight is 483 g/mol. The smallest absolute Gasteiger partial charge is 0.192 e. The van der Waals surface area contributed by atoms with Gasteiger partial charge in [-0.15, -0.1) is 0 Å². The average Bonchev–Trinajstić information content (AvgIpc) is 3.28. The van der Waals surface area contributed by atoms with Crippen molar-refractivity contribution in [3.63, 3.8) is 0 Å². The molecule has 1 unspecified atom stereocenters. The van der Waals surface area contributed by atoms with Gasteiger partial charge < -0.3 is 25.7 Å². The Morgan fingerprint density at radius 1 is 1.31 bits per heavy atom. The predicted molar refractivity (Wildman–Crippen MR) is 121 cm³/mol. The summed E-state index contributed by atoms with van der Waals surface area (Å²) >= 11 is 0. The standard InChI is InChI=1S/C19H30N6O5SSi/c1-18(2,3)32(4,5)30-14-17(25-10-24-13-15(21)22-9-23-16(13)25)29-12(6-26)19(14)8-31(27,28)7-11(19)20/h7,9-10,12,14,17,26H,6,8,20H2,1-5H3,(H2,21,22,23)/t12-,14+,17-,19?/m1/s1. The minimum atomic E-state index is -3.61. The highest BCUT2D eigenvalue weighted by molar-refractivity contribution is 7.94. The number of fused-ring (bicyclic) bond motifs is 1. The van der Waals surface area contributed by atoms with Crippen LogP contribution in [-0.4, -0.2) is 65.9 Å². The third kappa shape index (κ3) is 3.34. The third-order valence-corrected chi connectivity index (χ3v) is 12.9. The fourth-order valence-electron chi connectivity index (χ4n) is 4.22. The molecule has 2 aliphatic heterocycles. The molecule has 0 saturated carbocycles. The van der Waals surface area contributed by atoms with Crippen LogP contribution in [0.2, 0.25) is 18.1 Å². The zero-order valence-electron chi connectivity index (χ0n) is 18.8. The maximum absolute atomic E-state index is 12.6. The number of hydrogen-bond acceptors (Lipinski definition) is 10. The first-order valence-electron chi connectivity index (χ1n) is 10.3. The Morgan fingerprint density at radius 2 is 2.00 bits per heavy atom. The zero-order chi connectivity index (χ0) is 23.7. The lowest BCUT2D eigenvalue weighted by molar-refractivity contribution is -0.0482. The van der Waals surface area contributed by atoms with Crippen molar-refractivity contribution < 1.29 is 22.7 Å². The monoisotopic (exact) mass is 482 g/mol. The van der Waals surface area contributed by atoms with E-state index in [-0.39, 0.29) is 22.3 Å². The van der Waals surface area contributed by atoms with Gasteiger partial charge in [0.1, 0.15) is 17.9 Å². The molecule has 0 radical (unpaired) electrons. The first kappa shape index (κ1) is 23.1. The Labute approximate surface area is 187 Å². The van der Waals surface area contributed by atoms with Crippen LogP contribution in [0.15, 0.2) is 23.8 Å². The van der Waals surface area contributed by atoms with Crippen LogP contribution in [0.5, 0.6) is 0 Å². The van der Waals surface area contributed by atoms with E-state index in [0.717, 1.165) is 5.41 Å². The molecule has 11 nitrogen and oxygen atoms in total. The van der Waals surface area contributed by atoms with Crippen LogP contribution >= 0.6 is 0 Å². The third-order valence-electron chi connectivity index (χ3n) is 6.98. The molecule has 4 atom stereocenters. The van der Waals surface area contributed by atoms with Crippen LogP contribution in [0.1, 0.15) is 27.0 Å². The lowest BCUT2D eigenvalue weighted by Gasteiger charge is -2.44. The van der Waals surface area contributed by atoms with Crippen LogP contribution in [0.25, 0.3) is 11.2 Å². The van der Waals surface area contributed by atoms with Crippen molar-refractivity contribution in [3.05, 3.63) is 23.8 Å². The maximum Gasteiger partial charge on any atom is 0.192 e. The van der Waals surface area contributed by atoms with E-state index in [1.807, 2.05) is 0 Å². The number of nitrogen functional groups attached to an aromatic ring is 1. The van der Waals surface area contributed by atoms with Crippen LogP contribution < -0.4 is 11.5 Å². The molecule has 176 valence electrons. The van der Waals surface area contributed by atoms with Gasteiger partial charge in [0.25, 0.3) is 0 Å². The summed E-state index contributed by atoms with van der Waals surface area (Å²) < 4.78 is 40.0. The molecule has 32 heavy (non-hydrogen) atoms. The Hall–Kier alpha value is -2.06. The molecule has 0 amide bonds. The second kappa shape index (κ2) is 7.22. The summed E-state index contributed by atoms with van der Waals surface area (Å²) in [5.41, 5.74) is 12.0. The maximum atomic E-state index is 12.6. The molecule has 0 aromatic carbocycles. The Kier molecular flexibility index (Phi) is 5.21. The van der Waals surface area contributed by atoms with Gasteiger partial charge in [-0.05, 0) is 18.1 Å². The highest BCUT2D eigenvalue weighted by Gasteiger charge is 2.65. The van der Waals surface area contributed by atoms with Gasteiger partial charge in [0.05, 0.1) is 35.6 Å². The molecule has 2 aromatic heterocycles. The molecule has 2 aliphatic rings. The zero-order valence-corrected chi connectivity index (χ0v) is 20.6. The topological polar surface area (TPSA) is 168 Å². The van der Waals surface area contributed by atoms with E-state index in [9.17, 15) is 13.5 Å². The van der Waals surface area contributed by atoms with Gasteiger partial charge in [0.15, 0.2) is 35.8 Å². The first-order valence-corrected chi connectivity index (χ1v) is 14.9. The molecule has 1 spiro atoms. The Balaban J connectivity index is 1.91. The fourth-order valence-corrected chi connectivity index (χ4v) is 7.40.